The van der Waals surface area contributed by atoms with E-state index in [9.17, 15) is 0 Å². The van der Waals surface area contributed by atoms with Crippen molar-refractivity contribution in [2.75, 3.05) is 6.61 Å². The highest BCUT2D eigenvalue weighted by Gasteiger charge is 2.03. The summed E-state index contributed by atoms with van der Waals surface area (Å²) in [5.74, 6) is 1.38. The van der Waals surface area contributed by atoms with Crippen molar-refractivity contribution >= 4 is 11.6 Å². The number of hydroxylamine groups is 1. The predicted octanol–water partition coefficient (Wildman–Crippen LogP) is 1.75. The minimum atomic E-state index is 0.521. The van der Waals surface area contributed by atoms with Crippen LogP contribution in [0.4, 0.5) is 0 Å². The third-order valence-corrected chi connectivity index (χ3v) is 2.13. The molecular formula is C9H16ClN3O. The summed E-state index contributed by atoms with van der Waals surface area (Å²) in [5.41, 5.74) is 2.85. The first-order valence-electron chi connectivity index (χ1n) is 4.62. The first-order chi connectivity index (χ1) is 6.61. The van der Waals surface area contributed by atoms with E-state index >= 15 is 0 Å². The van der Waals surface area contributed by atoms with E-state index in [4.69, 9.17) is 16.4 Å². The van der Waals surface area contributed by atoms with Gasteiger partial charge in [-0.3, -0.25) is 0 Å². The third-order valence-electron chi connectivity index (χ3n) is 1.78. The summed E-state index contributed by atoms with van der Waals surface area (Å²) in [6.45, 7) is 5.45. The Balaban J connectivity index is 2.28. The largest absolute Gasteiger partial charge is 0.321 e. The highest BCUT2D eigenvalue weighted by atomic mass is 35.5. The molecule has 0 atom stereocenters. The zero-order chi connectivity index (χ0) is 10.6. The number of halogens is 1. The zero-order valence-corrected chi connectivity index (χ0v) is 9.51. The summed E-state index contributed by atoms with van der Waals surface area (Å²) in [7, 11) is 1.87. The van der Waals surface area contributed by atoms with Crippen LogP contribution >= 0.6 is 11.6 Å². The molecule has 0 radical (unpaired) electrons. The van der Waals surface area contributed by atoms with Crippen molar-refractivity contribution < 1.29 is 4.84 Å². The van der Waals surface area contributed by atoms with Crippen molar-refractivity contribution in [3.63, 3.8) is 0 Å². The number of imidazole rings is 1. The summed E-state index contributed by atoms with van der Waals surface area (Å²) in [6, 6.07) is 0. The smallest absolute Gasteiger partial charge is 0.128 e. The van der Waals surface area contributed by atoms with E-state index in [0.717, 1.165) is 5.82 Å². The van der Waals surface area contributed by atoms with Crippen molar-refractivity contribution in [1.29, 1.82) is 0 Å². The second-order valence-electron chi connectivity index (χ2n) is 3.58. The fourth-order valence-electron chi connectivity index (χ4n) is 0.930. The van der Waals surface area contributed by atoms with Gasteiger partial charge in [-0.05, 0) is 5.92 Å². The van der Waals surface area contributed by atoms with Crippen molar-refractivity contribution in [2.24, 2.45) is 13.0 Å². The maximum absolute atomic E-state index is 5.82. The van der Waals surface area contributed by atoms with E-state index < -0.39 is 0 Å². The van der Waals surface area contributed by atoms with Crippen LogP contribution in [0.2, 0.25) is 5.15 Å². The lowest BCUT2D eigenvalue weighted by Crippen LogP contribution is -2.19. The van der Waals surface area contributed by atoms with E-state index in [1.54, 1.807) is 6.20 Å². The van der Waals surface area contributed by atoms with Gasteiger partial charge in [-0.2, -0.15) is 5.48 Å². The molecule has 0 saturated heterocycles. The van der Waals surface area contributed by atoms with Crippen LogP contribution in [0.5, 0.6) is 0 Å². The first-order valence-corrected chi connectivity index (χ1v) is 4.99. The number of hydrogen-bond donors (Lipinski definition) is 1. The minimum Gasteiger partial charge on any atom is -0.321 e. The fourth-order valence-corrected chi connectivity index (χ4v) is 1.08. The first kappa shape index (κ1) is 11.5. The molecule has 0 aliphatic rings. The summed E-state index contributed by atoms with van der Waals surface area (Å²) in [4.78, 5) is 9.34. The van der Waals surface area contributed by atoms with Gasteiger partial charge in [0.25, 0.3) is 0 Å². The van der Waals surface area contributed by atoms with E-state index in [0.29, 0.717) is 24.2 Å². The van der Waals surface area contributed by atoms with Crippen molar-refractivity contribution in [3.05, 3.63) is 17.2 Å². The molecule has 80 valence electrons. The van der Waals surface area contributed by atoms with Crippen molar-refractivity contribution in [2.45, 2.75) is 20.4 Å². The molecule has 0 unspecified atom stereocenters. The molecule has 0 aliphatic heterocycles. The Morgan fingerprint density at radius 3 is 2.86 bits per heavy atom. The summed E-state index contributed by atoms with van der Waals surface area (Å²) in [6.07, 6.45) is 1.63. The zero-order valence-electron chi connectivity index (χ0n) is 8.75. The van der Waals surface area contributed by atoms with Crippen molar-refractivity contribution in [3.8, 4) is 0 Å². The van der Waals surface area contributed by atoms with Crippen LogP contribution in [0.1, 0.15) is 19.7 Å². The topological polar surface area (TPSA) is 39.1 Å². The molecule has 1 N–H and O–H groups in total. The van der Waals surface area contributed by atoms with Crippen LogP contribution in [0.25, 0.3) is 0 Å². The molecule has 1 heterocycles. The highest BCUT2D eigenvalue weighted by Crippen LogP contribution is 2.08. The summed E-state index contributed by atoms with van der Waals surface area (Å²) in [5, 5.41) is 0.630. The molecule has 0 fully saturated rings. The summed E-state index contributed by atoms with van der Waals surface area (Å²) < 4.78 is 1.81. The molecule has 0 bridgehead atoms. The summed E-state index contributed by atoms with van der Waals surface area (Å²) >= 11 is 5.82. The molecule has 0 aliphatic carbocycles. The van der Waals surface area contributed by atoms with E-state index in [2.05, 4.69) is 24.3 Å². The van der Waals surface area contributed by atoms with Crippen LogP contribution in [-0.4, -0.2) is 16.2 Å². The maximum Gasteiger partial charge on any atom is 0.128 e. The fraction of sp³-hybridized carbons (Fsp3) is 0.667. The van der Waals surface area contributed by atoms with Gasteiger partial charge in [-0.25, -0.2) is 4.98 Å². The number of hydrogen-bond acceptors (Lipinski definition) is 3. The van der Waals surface area contributed by atoms with Gasteiger partial charge in [0.2, 0.25) is 0 Å². The SMILES string of the molecule is CC(C)CONCc1ncc(Cl)n1C. The Morgan fingerprint density at radius 2 is 2.36 bits per heavy atom. The lowest BCUT2D eigenvalue weighted by molar-refractivity contribution is 0.0180. The lowest BCUT2D eigenvalue weighted by Gasteiger charge is -2.07. The Morgan fingerprint density at radius 1 is 1.64 bits per heavy atom. The molecule has 14 heavy (non-hydrogen) atoms. The van der Waals surface area contributed by atoms with Gasteiger partial charge >= 0.3 is 0 Å². The molecule has 4 nitrogen and oxygen atoms in total. The second-order valence-corrected chi connectivity index (χ2v) is 3.97. The number of nitrogens with one attached hydrogen (secondary N) is 1. The van der Waals surface area contributed by atoms with Gasteiger partial charge in [-0.1, -0.05) is 25.4 Å². The van der Waals surface area contributed by atoms with Crippen LogP contribution in [0.3, 0.4) is 0 Å². The molecule has 1 rings (SSSR count). The molecule has 1 aromatic heterocycles. The van der Waals surface area contributed by atoms with Gasteiger partial charge in [0, 0.05) is 7.05 Å². The van der Waals surface area contributed by atoms with Gasteiger partial charge in [0.05, 0.1) is 19.3 Å². The molecule has 5 heteroatoms. The molecule has 1 aromatic rings. The molecule has 0 amide bonds. The molecule has 0 saturated carbocycles. The second kappa shape index (κ2) is 5.34. The van der Waals surface area contributed by atoms with E-state index in [-0.39, 0.29) is 0 Å². The molecule has 0 spiro atoms. The lowest BCUT2D eigenvalue weighted by atomic mass is 10.2. The standard InChI is InChI=1S/C9H16ClN3O/c1-7(2)6-14-12-5-9-11-4-8(10)13(9)3/h4,7,12H,5-6H2,1-3H3. The maximum atomic E-state index is 5.82. The van der Waals surface area contributed by atoms with Gasteiger partial charge in [-0.15, -0.1) is 0 Å². The van der Waals surface area contributed by atoms with Gasteiger partial charge < -0.3 is 9.40 Å². The minimum absolute atomic E-state index is 0.521. The average Bonchev–Trinajstić information content (AvgIpc) is 2.43. The van der Waals surface area contributed by atoms with Crippen LogP contribution in [0, 0.1) is 5.92 Å². The Kier molecular flexibility index (Phi) is 4.38. The van der Waals surface area contributed by atoms with Crippen LogP contribution in [-0.2, 0) is 18.4 Å². The normalized spacial score (nSPS) is 11.2. The number of rotatable bonds is 5. The highest BCUT2D eigenvalue weighted by molar-refractivity contribution is 6.29. The quantitative estimate of drug-likeness (QED) is 0.604. The third kappa shape index (κ3) is 3.29. The predicted molar refractivity (Wildman–Crippen MR) is 55.8 cm³/mol. The van der Waals surface area contributed by atoms with Gasteiger partial charge in [0.1, 0.15) is 11.0 Å². The number of aromatic nitrogens is 2. The monoisotopic (exact) mass is 217 g/mol. The van der Waals surface area contributed by atoms with Gasteiger partial charge in [0.15, 0.2) is 0 Å². The molecule has 0 aromatic carbocycles. The average molecular weight is 218 g/mol. The Hall–Kier alpha value is -0.580. The Bertz CT molecular complexity index is 286. The van der Waals surface area contributed by atoms with Crippen LogP contribution < -0.4 is 5.48 Å². The van der Waals surface area contributed by atoms with E-state index in [1.165, 1.54) is 0 Å². The number of nitrogens with zero attached hydrogens (tertiary/aromatic N) is 2. The Labute approximate surface area is 89.2 Å². The van der Waals surface area contributed by atoms with E-state index in [1.807, 2.05) is 11.6 Å². The molecular weight excluding hydrogens is 202 g/mol. The van der Waals surface area contributed by atoms with Crippen molar-refractivity contribution in [1.82, 2.24) is 15.0 Å². The van der Waals surface area contributed by atoms with Crippen LogP contribution in [0.15, 0.2) is 6.20 Å².